The number of hydrogen-bond acceptors (Lipinski definition) is 3. The van der Waals surface area contributed by atoms with E-state index in [-0.39, 0.29) is 17.1 Å². The zero-order valence-electron chi connectivity index (χ0n) is 16.0. The predicted octanol–water partition coefficient (Wildman–Crippen LogP) is 4.81. The van der Waals surface area contributed by atoms with Crippen LogP contribution in [0, 0.1) is 5.82 Å². The lowest BCUT2D eigenvalue weighted by Gasteiger charge is -2.14. The number of sulfone groups is 1. The molecule has 0 aliphatic heterocycles. The maximum atomic E-state index is 13.1. The Balaban J connectivity index is 1.78. The van der Waals surface area contributed by atoms with E-state index >= 15 is 0 Å². The first-order valence-electron chi connectivity index (χ1n) is 9.50. The Labute approximate surface area is 170 Å². The van der Waals surface area contributed by atoms with Crippen LogP contribution in [0.25, 0.3) is 5.57 Å². The van der Waals surface area contributed by atoms with Crippen molar-refractivity contribution in [2.45, 2.75) is 37.0 Å². The molecule has 0 spiro atoms. The van der Waals surface area contributed by atoms with Crippen LogP contribution in [0.15, 0.2) is 71.2 Å². The summed E-state index contributed by atoms with van der Waals surface area (Å²) in [5.74, 6) is -1.42. The number of carboxylic acid groups (broad SMARTS) is 1. The van der Waals surface area contributed by atoms with Gasteiger partial charge in [0.25, 0.3) is 0 Å². The van der Waals surface area contributed by atoms with Gasteiger partial charge in [-0.2, -0.15) is 0 Å². The monoisotopic (exact) mass is 414 g/mol. The molecule has 1 aliphatic carbocycles. The van der Waals surface area contributed by atoms with Gasteiger partial charge in [0, 0.05) is 0 Å². The van der Waals surface area contributed by atoms with Crippen LogP contribution in [0.2, 0.25) is 0 Å². The van der Waals surface area contributed by atoms with Crippen molar-refractivity contribution in [3.8, 4) is 0 Å². The van der Waals surface area contributed by atoms with E-state index in [9.17, 15) is 17.6 Å². The third-order valence-corrected chi connectivity index (χ3v) is 6.65. The van der Waals surface area contributed by atoms with E-state index in [0.29, 0.717) is 12.8 Å². The van der Waals surface area contributed by atoms with Gasteiger partial charge in [-0.1, -0.05) is 42.0 Å². The number of benzene rings is 2. The quantitative estimate of drug-likeness (QED) is 0.544. The van der Waals surface area contributed by atoms with Crippen molar-refractivity contribution in [2.75, 3.05) is 5.75 Å². The van der Waals surface area contributed by atoms with Crippen molar-refractivity contribution in [3.05, 3.63) is 83.2 Å². The fourth-order valence-electron chi connectivity index (χ4n) is 3.44. The molecular weight excluding hydrogens is 391 g/mol. The topological polar surface area (TPSA) is 71.4 Å². The molecule has 0 unspecified atom stereocenters. The van der Waals surface area contributed by atoms with Crippen molar-refractivity contribution >= 4 is 21.4 Å². The first-order chi connectivity index (χ1) is 13.8. The van der Waals surface area contributed by atoms with Crippen molar-refractivity contribution in [1.82, 2.24) is 0 Å². The molecule has 152 valence electrons. The summed E-state index contributed by atoms with van der Waals surface area (Å²) < 4.78 is 38.4. The number of carbonyl (C=O) groups is 1. The van der Waals surface area contributed by atoms with Crippen LogP contribution in [-0.4, -0.2) is 25.2 Å². The van der Waals surface area contributed by atoms with Crippen LogP contribution in [0.4, 0.5) is 4.39 Å². The third kappa shape index (κ3) is 5.87. The molecule has 0 aromatic heterocycles. The summed E-state index contributed by atoms with van der Waals surface area (Å²) in [7, 11) is -3.53. The summed E-state index contributed by atoms with van der Waals surface area (Å²) in [6.07, 6.45) is 7.01. The standard InChI is InChI=1S/C23H23FO4S/c24-21-10-12-22(13-11-21)29(27,28)16-17-4-1-2-6-19(9-8-17)20-7-3-5-18(14-20)15-23(25)26/h3,5-8,10-14H,1-2,4,9,15-16H2,(H,25,26)/b17-8+,19-6+. The molecule has 0 amide bonds. The van der Waals surface area contributed by atoms with E-state index < -0.39 is 21.6 Å². The smallest absolute Gasteiger partial charge is 0.307 e. The Morgan fingerprint density at radius 2 is 1.83 bits per heavy atom. The second kappa shape index (κ2) is 9.18. The SMILES string of the molecule is O=C(O)Cc1cccc(/C2=C/CCC/C(CS(=O)(=O)c3ccc(F)cc3)=C\C2)c1. The Morgan fingerprint density at radius 1 is 1.07 bits per heavy atom. The van der Waals surface area contributed by atoms with Crippen LogP contribution < -0.4 is 0 Å². The van der Waals surface area contributed by atoms with Gasteiger partial charge in [-0.05, 0) is 66.6 Å². The highest BCUT2D eigenvalue weighted by Gasteiger charge is 2.18. The Kier molecular flexibility index (Phi) is 6.64. The molecule has 6 heteroatoms. The summed E-state index contributed by atoms with van der Waals surface area (Å²) in [6, 6.07) is 12.4. The zero-order valence-corrected chi connectivity index (χ0v) is 16.8. The van der Waals surface area contributed by atoms with E-state index in [4.69, 9.17) is 5.11 Å². The zero-order chi connectivity index (χ0) is 20.9. The molecule has 0 atom stereocenters. The highest BCUT2D eigenvalue weighted by molar-refractivity contribution is 7.91. The summed E-state index contributed by atoms with van der Waals surface area (Å²) in [5.41, 5.74) is 3.61. The molecule has 1 aliphatic rings. The van der Waals surface area contributed by atoms with Crippen LogP contribution in [0.1, 0.15) is 36.8 Å². The average Bonchev–Trinajstić information content (AvgIpc) is 2.64. The van der Waals surface area contributed by atoms with Gasteiger partial charge in [0.15, 0.2) is 9.84 Å². The number of aliphatic carboxylic acids is 1. The molecule has 0 saturated carbocycles. The van der Waals surface area contributed by atoms with Gasteiger partial charge in [0.1, 0.15) is 5.82 Å². The molecule has 0 heterocycles. The first-order valence-corrected chi connectivity index (χ1v) is 11.1. The lowest BCUT2D eigenvalue weighted by molar-refractivity contribution is -0.136. The Hall–Kier alpha value is -2.73. The number of halogens is 1. The molecule has 0 fully saturated rings. The van der Waals surface area contributed by atoms with E-state index in [2.05, 4.69) is 6.08 Å². The maximum Gasteiger partial charge on any atom is 0.307 e. The maximum absolute atomic E-state index is 13.1. The molecule has 2 aromatic rings. The molecule has 29 heavy (non-hydrogen) atoms. The minimum absolute atomic E-state index is 0.0296. The number of hydrogen-bond donors (Lipinski definition) is 1. The molecule has 3 rings (SSSR count). The van der Waals surface area contributed by atoms with Crippen molar-refractivity contribution < 1.29 is 22.7 Å². The molecule has 1 N–H and O–H groups in total. The third-order valence-electron chi connectivity index (χ3n) is 4.90. The minimum Gasteiger partial charge on any atom is -0.481 e. The van der Waals surface area contributed by atoms with Crippen molar-refractivity contribution in [2.24, 2.45) is 0 Å². The van der Waals surface area contributed by atoms with Gasteiger partial charge < -0.3 is 5.11 Å². The van der Waals surface area contributed by atoms with E-state index in [1.54, 1.807) is 6.07 Å². The van der Waals surface area contributed by atoms with Crippen LogP contribution in [0.5, 0.6) is 0 Å². The van der Waals surface area contributed by atoms with Crippen LogP contribution in [0.3, 0.4) is 0 Å². The molecule has 0 bridgehead atoms. The second-order valence-corrected chi connectivity index (χ2v) is 9.16. The minimum atomic E-state index is -3.53. The van der Waals surface area contributed by atoms with E-state index in [0.717, 1.165) is 47.2 Å². The highest BCUT2D eigenvalue weighted by atomic mass is 32.2. The fourth-order valence-corrected chi connectivity index (χ4v) is 4.90. The van der Waals surface area contributed by atoms with Gasteiger partial charge in [-0.15, -0.1) is 0 Å². The van der Waals surface area contributed by atoms with Gasteiger partial charge >= 0.3 is 5.97 Å². The molecule has 0 radical (unpaired) electrons. The molecule has 0 saturated heterocycles. The van der Waals surface area contributed by atoms with Gasteiger partial charge in [0.2, 0.25) is 0 Å². The molecule has 4 nitrogen and oxygen atoms in total. The van der Waals surface area contributed by atoms with Crippen molar-refractivity contribution in [1.29, 1.82) is 0 Å². The summed E-state index contributed by atoms with van der Waals surface area (Å²) in [4.78, 5) is 11.1. The van der Waals surface area contributed by atoms with Crippen molar-refractivity contribution in [3.63, 3.8) is 0 Å². The fraction of sp³-hybridized carbons (Fsp3) is 0.261. The van der Waals surface area contributed by atoms with E-state index in [1.807, 2.05) is 24.3 Å². The van der Waals surface area contributed by atoms with E-state index in [1.165, 1.54) is 12.1 Å². The average molecular weight is 414 g/mol. The largest absolute Gasteiger partial charge is 0.481 e. The van der Waals surface area contributed by atoms with Gasteiger partial charge in [-0.3, -0.25) is 4.79 Å². The first kappa shape index (κ1) is 21.0. The Bertz CT molecular complexity index is 1050. The van der Waals surface area contributed by atoms with Crippen LogP contribution in [-0.2, 0) is 21.1 Å². The summed E-state index contributed by atoms with van der Waals surface area (Å²) in [6.45, 7) is 0. The number of carboxylic acids is 1. The van der Waals surface area contributed by atoms with Gasteiger partial charge in [0.05, 0.1) is 17.1 Å². The normalized spacial score (nSPS) is 18.7. The summed E-state index contributed by atoms with van der Waals surface area (Å²) >= 11 is 0. The second-order valence-electron chi connectivity index (χ2n) is 7.17. The highest BCUT2D eigenvalue weighted by Crippen LogP contribution is 2.27. The lowest BCUT2D eigenvalue weighted by Crippen LogP contribution is -2.10. The lowest BCUT2D eigenvalue weighted by atomic mass is 9.94. The molecule has 2 aromatic carbocycles. The number of allylic oxidation sites excluding steroid dienone is 3. The van der Waals surface area contributed by atoms with Gasteiger partial charge in [-0.25, -0.2) is 12.8 Å². The number of rotatable bonds is 6. The Morgan fingerprint density at radius 3 is 2.55 bits per heavy atom. The molecular formula is C23H23FO4S. The van der Waals surface area contributed by atoms with Crippen LogP contribution >= 0.6 is 0 Å². The summed E-state index contributed by atoms with van der Waals surface area (Å²) in [5, 5.41) is 9.00. The predicted molar refractivity (Wildman–Crippen MR) is 111 cm³/mol.